The predicted molar refractivity (Wildman–Crippen MR) is 410 cm³/mol. The van der Waals surface area contributed by atoms with Gasteiger partial charge in [0.05, 0.1) is 23.3 Å². The van der Waals surface area contributed by atoms with Crippen LogP contribution in [0, 0.1) is 32.6 Å². The van der Waals surface area contributed by atoms with Gasteiger partial charge in [-0.1, -0.05) is 156 Å². The lowest BCUT2D eigenvalue weighted by Gasteiger charge is -2.31. The lowest BCUT2D eigenvalue weighted by atomic mass is 9.82. The molecule has 0 fully saturated rings. The fraction of sp³-hybridized carbons (Fsp3) is 0.376. The standard InChI is InChI=1S/C29H36ClNO2.C29H32ClNO2.C27H32ClNO2/c2*1-19-23(13-10-18-31(6)7)24-11-8-9-12-25(24)27(21-14-16-22(30)17-15-21)26(19)28(20(2)32)33-29(3,4)5;1-17-23(16-29(6)7)21-10-8-9-11-22(21)25(19-12-14-20(28)15-13-19)24(17)26(18(2)30)31-27(3,4)5/h8-9,11-12,14-17,28H,10,13,18H2,1-7H3;8-9,11-12,14-17,28H,18H2,1-7H3;8-15,26H,16H2,1-7H3. The third-order valence-corrected chi connectivity index (χ3v) is 17.4. The average molecular weight is 1370 g/mol. The van der Waals surface area contributed by atoms with Crippen LogP contribution in [-0.2, 0) is 41.6 Å². The van der Waals surface area contributed by atoms with E-state index >= 15 is 0 Å². The van der Waals surface area contributed by atoms with Crippen LogP contribution in [0.3, 0.4) is 0 Å². The molecule has 0 aliphatic rings. The third-order valence-electron chi connectivity index (χ3n) is 16.6. The van der Waals surface area contributed by atoms with E-state index in [9.17, 15) is 14.4 Å². The summed E-state index contributed by atoms with van der Waals surface area (Å²) in [6.45, 7) is 31.5. The summed E-state index contributed by atoms with van der Waals surface area (Å²) >= 11 is 18.6. The van der Waals surface area contributed by atoms with Crippen molar-refractivity contribution >= 4 is 84.5 Å². The van der Waals surface area contributed by atoms with Gasteiger partial charge in [-0.2, -0.15) is 0 Å². The van der Waals surface area contributed by atoms with Crippen molar-refractivity contribution in [2.75, 3.05) is 55.4 Å². The Labute approximate surface area is 593 Å². The van der Waals surface area contributed by atoms with Crippen LogP contribution in [-0.4, -0.2) is 104 Å². The number of ether oxygens (including phenoxy) is 3. The van der Waals surface area contributed by atoms with Gasteiger partial charge in [-0.25, -0.2) is 0 Å². The van der Waals surface area contributed by atoms with Crippen LogP contribution in [0.5, 0.6) is 0 Å². The minimum atomic E-state index is -0.713. The van der Waals surface area contributed by atoms with Crippen molar-refractivity contribution in [3.05, 3.63) is 211 Å². The van der Waals surface area contributed by atoms with Gasteiger partial charge in [0.2, 0.25) is 0 Å². The molecule has 3 atom stereocenters. The molecular formula is C85H100Cl3N3O6. The van der Waals surface area contributed by atoms with Crippen molar-refractivity contribution in [2.24, 2.45) is 0 Å². The fourth-order valence-electron chi connectivity index (χ4n) is 12.6. The zero-order chi connectivity index (χ0) is 71.6. The van der Waals surface area contributed by atoms with Crippen LogP contribution in [0.1, 0.15) is 158 Å². The second-order valence-electron chi connectivity index (χ2n) is 29.1. The van der Waals surface area contributed by atoms with Crippen LogP contribution in [0.25, 0.3) is 65.7 Å². The number of carbonyl (C=O) groups excluding carboxylic acids is 3. The summed E-state index contributed by atoms with van der Waals surface area (Å²) in [6, 6.07) is 48.6. The number of hydrogen-bond acceptors (Lipinski definition) is 9. The maximum atomic E-state index is 13.0. The van der Waals surface area contributed by atoms with Crippen LogP contribution in [0.4, 0.5) is 0 Å². The molecule has 0 N–H and O–H groups in total. The highest BCUT2D eigenvalue weighted by Gasteiger charge is 2.35. The maximum Gasteiger partial charge on any atom is 0.163 e. The number of hydrogen-bond donors (Lipinski definition) is 0. The van der Waals surface area contributed by atoms with E-state index in [0.29, 0.717) is 21.6 Å². The molecular weight excluding hydrogens is 1270 g/mol. The fourth-order valence-corrected chi connectivity index (χ4v) is 13.0. The van der Waals surface area contributed by atoms with Crippen LogP contribution in [0.15, 0.2) is 146 Å². The Morgan fingerprint density at radius 1 is 0.412 bits per heavy atom. The first-order valence-corrected chi connectivity index (χ1v) is 34.5. The number of halogens is 3. The molecule has 0 aliphatic carbocycles. The number of Topliss-reactive ketones (excluding diaryl/α,β-unsaturated/α-hetero) is 3. The Hall–Kier alpha value is -7.04. The summed E-state index contributed by atoms with van der Waals surface area (Å²) in [4.78, 5) is 45.3. The molecule has 12 heteroatoms. The van der Waals surface area contributed by atoms with Gasteiger partial charge in [-0.3, -0.25) is 19.3 Å². The highest BCUT2D eigenvalue weighted by Crippen LogP contribution is 2.47. The minimum Gasteiger partial charge on any atom is -0.360 e. The van der Waals surface area contributed by atoms with Crippen molar-refractivity contribution < 1.29 is 28.6 Å². The Morgan fingerprint density at radius 2 is 0.722 bits per heavy atom. The summed E-state index contributed by atoms with van der Waals surface area (Å²) in [5.74, 6) is 6.64. The van der Waals surface area contributed by atoms with E-state index < -0.39 is 35.1 Å². The Morgan fingerprint density at radius 3 is 1.04 bits per heavy atom. The average Bonchev–Trinajstić information content (AvgIpc) is 0.759. The van der Waals surface area contributed by atoms with Gasteiger partial charge in [0.15, 0.2) is 17.3 Å². The molecule has 512 valence electrons. The Kier molecular flexibility index (Phi) is 26.5. The van der Waals surface area contributed by atoms with Gasteiger partial charge in [-0.15, -0.1) is 0 Å². The quantitative estimate of drug-likeness (QED) is 0.0735. The molecule has 0 aromatic heterocycles. The smallest absolute Gasteiger partial charge is 0.163 e. The molecule has 9 rings (SSSR count). The molecule has 0 amide bonds. The number of ketones is 3. The van der Waals surface area contributed by atoms with E-state index in [4.69, 9.17) is 49.0 Å². The molecule has 0 bridgehead atoms. The summed E-state index contributed by atoms with van der Waals surface area (Å²) in [6.07, 6.45) is -0.0279. The highest BCUT2D eigenvalue weighted by atomic mass is 35.5. The highest BCUT2D eigenvalue weighted by molar-refractivity contribution is 6.31. The van der Waals surface area contributed by atoms with Crippen molar-refractivity contribution in [1.82, 2.24) is 14.7 Å². The van der Waals surface area contributed by atoms with E-state index in [1.165, 1.54) is 21.9 Å². The van der Waals surface area contributed by atoms with E-state index in [0.717, 1.165) is 120 Å². The number of aryl methyl sites for hydroxylation is 1. The van der Waals surface area contributed by atoms with Gasteiger partial charge in [-0.05, 0) is 307 Å². The number of fused-ring (bicyclic) bond motifs is 3. The van der Waals surface area contributed by atoms with Gasteiger partial charge >= 0.3 is 0 Å². The van der Waals surface area contributed by atoms with Gasteiger partial charge < -0.3 is 24.0 Å². The largest absolute Gasteiger partial charge is 0.360 e. The third kappa shape index (κ3) is 20.1. The molecule has 0 saturated heterocycles. The van der Waals surface area contributed by atoms with Crippen LogP contribution in [0.2, 0.25) is 15.1 Å². The normalized spacial score (nSPS) is 12.9. The van der Waals surface area contributed by atoms with Gasteiger partial charge in [0.25, 0.3) is 0 Å². The molecule has 97 heavy (non-hydrogen) atoms. The molecule has 0 heterocycles. The number of carbonyl (C=O) groups is 3. The molecule has 3 unspecified atom stereocenters. The topological polar surface area (TPSA) is 88.6 Å². The Bertz CT molecular complexity index is 4330. The lowest BCUT2D eigenvalue weighted by molar-refractivity contribution is -0.139. The summed E-state index contributed by atoms with van der Waals surface area (Å²) in [7, 11) is 12.3. The number of nitrogens with zero attached hydrogens (tertiary/aromatic N) is 3. The van der Waals surface area contributed by atoms with Gasteiger partial charge in [0, 0.05) is 32.7 Å². The summed E-state index contributed by atoms with van der Waals surface area (Å²) < 4.78 is 19.2. The SMILES string of the molecule is CC(=O)C(OC(C)(C)C)c1c(C)c(C#CCN(C)C)c2ccccc2c1-c1ccc(Cl)cc1.CC(=O)C(OC(C)(C)C)c1c(C)c(CCCN(C)C)c2ccccc2c1-c1ccc(Cl)cc1.CC(=O)C(OC(C)(C)C)c1c(C)c(CN(C)C)c2ccccc2c1-c1ccc(Cl)cc1. The van der Waals surface area contributed by atoms with Crippen molar-refractivity contribution in [1.29, 1.82) is 0 Å². The first-order valence-electron chi connectivity index (χ1n) is 33.4. The van der Waals surface area contributed by atoms with Crippen molar-refractivity contribution in [2.45, 2.75) is 158 Å². The van der Waals surface area contributed by atoms with Gasteiger partial charge in [0.1, 0.15) is 18.3 Å². The van der Waals surface area contributed by atoms with Crippen molar-refractivity contribution in [3.8, 4) is 45.2 Å². The van der Waals surface area contributed by atoms with Crippen LogP contribution >= 0.6 is 34.8 Å². The summed E-state index contributed by atoms with van der Waals surface area (Å²) in [5, 5.41) is 8.84. The van der Waals surface area contributed by atoms with Crippen LogP contribution < -0.4 is 0 Å². The molecule has 0 spiro atoms. The molecule has 0 aliphatic heterocycles. The van der Waals surface area contributed by atoms with E-state index in [2.05, 4.69) is 118 Å². The second-order valence-corrected chi connectivity index (χ2v) is 30.4. The number of rotatable bonds is 19. The molecule has 9 aromatic rings. The second kappa shape index (κ2) is 33.2. The maximum absolute atomic E-state index is 13.0. The molecule has 0 saturated carbocycles. The first kappa shape index (κ1) is 77.3. The molecule has 9 aromatic carbocycles. The van der Waals surface area contributed by atoms with E-state index in [1.54, 1.807) is 20.8 Å². The predicted octanol–water partition coefficient (Wildman–Crippen LogP) is 21.2. The van der Waals surface area contributed by atoms with Crippen molar-refractivity contribution in [3.63, 3.8) is 0 Å². The zero-order valence-corrected chi connectivity index (χ0v) is 63.3. The number of benzene rings is 9. The monoisotopic (exact) mass is 1360 g/mol. The Balaban J connectivity index is 0.000000205. The first-order chi connectivity index (χ1) is 45.5. The van der Waals surface area contributed by atoms with E-state index in [1.807, 2.05) is 179 Å². The zero-order valence-electron chi connectivity index (χ0n) is 61.0. The molecule has 0 radical (unpaired) electrons. The summed E-state index contributed by atoms with van der Waals surface area (Å²) in [5.41, 5.74) is 14.2. The minimum absolute atomic E-state index is 0.000627. The molecule has 9 nitrogen and oxygen atoms in total. The van der Waals surface area contributed by atoms with E-state index in [-0.39, 0.29) is 17.3 Å². The lowest BCUT2D eigenvalue weighted by Crippen LogP contribution is -2.28.